The number of nitrogens with two attached hydrogens (primary N) is 1. The molecular formula is C25H28N4O4. The van der Waals surface area contributed by atoms with Crippen LogP contribution < -0.4 is 16.5 Å². The zero-order valence-corrected chi connectivity index (χ0v) is 18.3. The van der Waals surface area contributed by atoms with Crippen molar-refractivity contribution in [3.05, 3.63) is 76.9 Å². The van der Waals surface area contributed by atoms with E-state index in [0.717, 1.165) is 44.0 Å². The summed E-state index contributed by atoms with van der Waals surface area (Å²) in [5, 5.41) is 11.1. The number of allylic oxidation sites excluding steroid dienone is 1. The first-order chi connectivity index (χ1) is 16.1. The first-order valence-electron chi connectivity index (χ1n) is 10.7. The van der Waals surface area contributed by atoms with Crippen LogP contribution in [0.25, 0.3) is 6.08 Å². The Morgan fingerprint density at radius 3 is 2.45 bits per heavy atom. The summed E-state index contributed by atoms with van der Waals surface area (Å²) in [5.74, 6) is 4.91. The summed E-state index contributed by atoms with van der Waals surface area (Å²) in [6, 6.07) is 14.1. The van der Waals surface area contributed by atoms with Crippen LogP contribution >= 0.6 is 0 Å². The van der Waals surface area contributed by atoms with Crippen LogP contribution in [0, 0.1) is 11.8 Å². The number of morpholine rings is 1. The molecule has 1 fully saturated rings. The van der Waals surface area contributed by atoms with E-state index in [2.05, 4.69) is 34.2 Å². The number of carbonyl (C=O) groups excluding carboxylic acids is 2. The molecule has 1 aliphatic heterocycles. The average Bonchev–Trinajstić information content (AvgIpc) is 2.86. The summed E-state index contributed by atoms with van der Waals surface area (Å²) < 4.78 is 5.38. The lowest BCUT2D eigenvalue weighted by atomic mass is 10.1. The Balaban J connectivity index is 1.51. The molecule has 1 atom stereocenters. The fourth-order valence-electron chi connectivity index (χ4n) is 3.27. The van der Waals surface area contributed by atoms with Crippen LogP contribution in [0.2, 0.25) is 0 Å². The van der Waals surface area contributed by atoms with Crippen molar-refractivity contribution in [2.45, 2.75) is 12.6 Å². The van der Waals surface area contributed by atoms with Gasteiger partial charge in [0, 0.05) is 37.3 Å². The molecule has 0 aromatic heterocycles. The fourth-order valence-corrected chi connectivity index (χ4v) is 3.27. The molecule has 0 unspecified atom stereocenters. The highest BCUT2D eigenvalue weighted by Gasteiger charge is 2.19. The van der Waals surface area contributed by atoms with Crippen LogP contribution in [0.15, 0.2) is 54.6 Å². The average molecular weight is 449 g/mol. The zero-order chi connectivity index (χ0) is 23.5. The number of benzene rings is 2. The van der Waals surface area contributed by atoms with E-state index < -0.39 is 17.9 Å². The molecule has 0 radical (unpaired) electrons. The maximum Gasteiger partial charge on any atom is 0.267 e. The minimum absolute atomic E-state index is 0.131. The summed E-state index contributed by atoms with van der Waals surface area (Å²) >= 11 is 0. The second-order valence-electron chi connectivity index (χ2n) is 7.55. The summed E-state index contributed by atoms with van der Waals surface area (Å²) in [6.45, 7) is 4.31. The third-order valence-corrected chi connectivity index (χ3v) is 5.18. The normalized spacial score (nSPS) is 14.8. The van der Waals surface area contributed by atoms with Gasteiger partial charge in [-0.1, -0.05) is 36.1 Å². The van der Waals surface area contributed by atoms with Crippen molar-refractivity contribution in [1.29, 1.82) is 0 Å². The largest absolute Gasteiger partial charge is 0.379 e. The van der Waals surface area contributed by atoms with Gasteiger partial charge in [0.05, 0.1) is 13.2 Å². The van der Waals surface area contributed by atoms with E-state index in [1.165, 1.54) is 11.0 Å². The molecule has 33 heavy (non-hydrogen) atoms. The predicted octanol–water partition coefficient (Wildman–Crippen LogP) is 1.15. The summed E-state index contributed by atoms with van der Waals surface area (Å²) in [4.78, 5) is 26.0. The summed E-state index contributed by atoms with van der Waals surface area (Å²) in [5.41, 5.74) is 10.4. The number of carbonyl (C=O) groups is 2. The number of ether oxygens (including phenoxy) is 1. The Hall–Kier alpha value is -3.48. The molecule has 5 N–H and O–H groups in total. The molecule has 0 aliphatic carbocycles. The Morgan fingerprint density at radius 2 is 1.82 bits per heavy atom. The van der Waals surface area contributed by atoms with E-state index in [4.69, 9.17) is 15.7 Å². The number of hydrogen-bond acceptors (Lipinski definition) is 6. The van der Waals surface area contributed by atoms with Crippen LogP contribution in [0.5, 0.6) is 0 Å². The van der Waals surface area contributed by atoms with Crippen molar-refractivity contribution >= 4 is 17.9 Å². The lowest BCUT2D eigenvalue weighted by molar-refractivity contribution is -0.130. The summed E-state index contributed by atoms with van der Waals surface area (Å²) in [6.07, 6.45) is 3.61. The molecule has 3 rings (SSSR count). The molecule has 8 nitrogen and oxygen atoms in total. The van der Waals surface area contributed by atoms with Crippen LogP contribution in [0.3, 0.4) is 0 Å². The molecule has 1 heterocycles. The van der Waals surface area contributed by atoms with Gasteiger partial charge in [0.15, 0.2) is 0 Å². The second kappa shape index (κ2) is 12.5. The highest BCUT2D eigenvalue weighted by atomic mass is 16.5. The standard InChI is InChI=1S/C25H28N4O4/c26-17-23(25(31)28-32)27-24(30)22-11-9-20(10-12-22)4-2-1-3-19-5-7-21(8-6-19)18-29-13-15-33-16-14-29/h2,4-12,23,32H,13-18,26H2,(H,27,30)(H,28,31)/b4-2+/t23-/m0/s1. The molecule has 2 aromatic rings. The Labute approximate surface area is 193 Å². The molecule has 8 heteroatoms. The highest BCUT2D eigenvalue weighted by molar-refractivity contribution is 5.97. The Bertz CT molecular complexity index is 1020. The van der Waals surface area contributed by atoms with Crippen molar-refractivity contribution in [3.63, 3.8) is 0 Å². The van der Waals surface area contributed by atoms with Crippen LogP contribution in [0.1, 0.15) is 27.0 Å². The third kappa shape index (κ3) is 7.56. The van der Waals surface area contributed by atoms with Gasteiger partial charge in [-0.3, -0.25) is 19.7 Å². The second-order valence-corrected chi connectivity index (χ2v) is 7.55. The van der Waals surface area contributed by atoms with E-state index >= 15 is 0 Å². The van der Waals surface area contributed by atoms with Crippen LogP contribution in [-0.2, 0) is 16.1 Å². The van der Waals surface area contributed by atoms with E-state index in [1.54, 1.807) is 30.3 Å². The number of rotatable bonds is 7. The Morgan fingerprint density at radius 1 is 1.12 bits per heavy atom. The van der Waals surface area contributed by atoms with Crippen LogP contribution in [-0.4, -0.2) is 60.8 Å². The minimum Gasteiger partial charge on any atom is -0.379 e. The minimum atomic E-state index is -1.01. The van der Waals surface area contributed by atoms with Gasteiger partial charge < -0.3 is 15.8 Å². The summed E-state index contributed by atoms with van der Waals surface area (Å²) in [7, 11) is 0. The number of hydroxylamine groups is 1. The number of amides is 2. The molecule has 0 bridgehead atoms. The molecule has 172 valence electrons. The maximum absolute atomic E-state index is 12.2. The van der Waals surface area contributed by atoms with E-state index in [0.29, 0.717) is 5.56 Å². The predicted molar refractivity (Wildman–Crippen MR) is 125 cm³/mol. The topological polar surface area (TPSA) is 117 Å². The molecule has 2 aromatic carbocycles. The van der Waals surface area contributed by atoms with E-state index in [-0.39, 0.29) is 6.54 Å². The number of nitrogens with zero attached hydrogens (tertiary/aromatic N) is 1. The lowest BCUT2D eigenvalue weighted by Crippen LogP contribution is -2.50. The fraction of sp³-hybridized carbons (Fsp3) is 0.280. The van der Waals surface area contributed by atoms with Crippen LogP contribution in [0.4, 0.5) is 0 Å². The molecular weight excluding hydrogens is 420 g/mol. The molecule has 1 saturated heterocycles. The van der Waals surface area contributed by atoms with Gasteiger partial charge >= 0.3 is 0 Å². The first kappa shape index (κ1) is 24.2. The monoisotopic (exact) mass is 448 g/mol. The molecule has 1 aliphatic rings. The highest BCUT2D eigenvalue weighted by Crippen LogP contribution is 2.09. The zero-order valence-electron chi connectivity index (χ0n) is 18.3. The molecule has 0 spiro atoms. The van der Waals surface area contributed by atoms with Gasteiger partial charge in [-0.15, -0.1) is 0 Å². The number of nitrogens with one attached hydrogen (secondary N) is 2. The van der Waals surface area contributed by atoms with Gasteiger partial charge in [0.2, 0.25) is 0 Å². The third-order valence-electron chi connectivity index (χ3n) is 5.18. The maximum atomic E-state index is 12.2. The smallest absolute Gasteiger partial charge is 0.267 e. The van der Waals surface area contributed by atoms with Gasteiger partial charge in [0.25, 0.3) is 11.8 Å². The van der Waals surface area contributed by atoms with E-state index in [9.17, 15) is 9.59 Å². The van der Waals surface area contributed by atoms with Gasteiger partial charge in [-0.2, -0.15) is 0 Å². The first-order valence-corrected chi connectivity index (χ1v) is 10.7. The molecule has 2 amide bonds. The van der Waals surface area contributed by atoms with Crippen molar-refractivity contribution < 1.29 is 19.5 Å². The van der Waals surface area contributed by atoms with Gasteiger partial charge in [-0.05, 0) is 47.5 Å². The Kier molecular flexibility index (Phi) is 9.18. The van der Waals surface area contributed by atoms with Crippen molar-refractivity contribution in [2.75, 3.05) is 32.8 Å². The van der Waals surface area contributed by atoms with Crippen molar-refractivity contribution in [1.82, 2.24) is 15.7 Å². The van der Waals surface area contributed by atoms with Gasteiger partial charge in [0.1, 0.15) is 6.04 Å². The SMILES string of the molecule is NC[C@H](NC(=O)c1ccc(/C=C/C#Cc2ccc(CN3CCOCC3)cc2)cc1)C(=O)NO. The lowest BCUT2D eigenvalue weighted by Gasteiger charge is -2.26. The molecule has 0 saturated carbocycles. The number of hydrogen-bond donors (Lipinski definition) is 4. The quantitative estimate of drug-likeness (QED) is 0.287. The van der Waals surface area contributed by atoms with Gasteiger partial charge in [-0.25, -0.2) is 5.48 Å². The van der Waals surface area contributed by atoms with Crippen molar-refractivity contribution in [3.8, 4) is 11.8 Å². The van der Waals surface area contributed by atoms with E-state index in [1.807, 2.05) is 18.2 Å². The van der Waals surface area contributed by atoms with Crippen molar-refractivity contribution in [2.24, 2.45) is 5.73 Å².